The van der Waals surface area contributed by atoms with Crippen molar-refractivity contribution in [2.45, 2.75) is 43.9 Å². The zero-order valence-electron chi connectivity index (χ0n) is 17.5. The predicted molar refractivity (Wildman–Crippen MR) is 105 cm³/mol. The van der Waals surface area contributed by atoms with Crippen molar-refractivity contribution in [3.8, 4) is 5.75 Å². The molecule has 1 saturated heterocycles. The van der Waals surface area contributed by atoms with Crippen LogP contribution in [0.4, 0.5) is 0 Å². The first-order valence-corrected chi connectivity index (χ1v) is 9.41. The molecule has 0 bridgehead atoms. The molecule has 3 rings (SSSR count). The van der Waals surface area contributed by atoms with Crippen LogP contribution in [-0.4, -0.2) is 61.7 Å². The van der Waals surface area contributed by atoms with Gasteiger partial charge in [0.15, 0.2) is 6.29 Å². The highest BCUT2D eigenvalue weighted by atomic mass is 16.7. The van der Waals surface area contributed by atoms with E-state index in [2.05, 4.69) is 0 Å². The maximum absolute atomic E-state index is 10.7. The molecule has 0 amide bonds. The Morgan fingerprint density at radius 3 is 2.31 bits per heavy atom. The van der Waals surface area contributed by atoms with Crippen molar-refractivity contribution in [1.29, 1.82) is 0 Å². The molecule has 2 N–H and O–H groups in total. The monoisotopic (exact) mass is 405 g/mol. The molecular weight excluding hydrogens is 376 g/mol. The van der Waals surface area contributed by atoms with Gasteiger partial charge in [-0.05, 0) is 23.3 Å². The summed E-state index contributed by atoms with van der Waals surface area (Å²) in [6.45, 7) is -1.26. The van der Waals surface area contributed by atoms with Crippen molar-refractivity contribution in [2.75, 3.05) is 20.8 Å². The van der Waals surface area contributed by atoms with E-state index in [0.717, 1.165) is 5.56 Å². The Kier molecular flexibility index (Phi) is 7.47. The number of rotatable bonds is 9. The Labute approximate surface area is 172 Å². The molecule has 0 radical (unpaired) electrons. The third-order valence-electron chi connectivity index (χ3n) is 4.79. The van der Waals surface area contributed by atoms with Crippen molar-refractivity contribution in [3.05, 3.63) is 65.7 Å². The van der Waals surface area contributed by atoms with Crippen LogP contribution in [0.2, 0.25) is 0 Å². The minimum absolute atomic E-state index is 0.246. The molecule has 1 heterocycles. The molecular formula is C22H28O7. The van der Waals surface area contributed by atoms with Crippen molar-refractivity contribution in [2.24, 2.45) is 0 Å². The van der Waals surface area contributed by atoms with E-state index in [0.29, 0.717) is 11.3 Å². The second-order valence-electron chi connectivity index (χ2n) is 6.70. The van der Waals surface area contributed by atoms with E-state index in [1.54, 1.807) is 31.4 Å². The first kappa shape index (κ1) is 20.3. The summed E-state index contributed by atoms with van der Waals surface area (Å²) in [5, 5.41) is 20.3. The Morgan fingerprint density at radius 2 is 1.69 bits per heavy atom. The summed E-state index contributed by atoms with van der Waals surface area (Å²) < 4.78 is 36.5. The van der Waals surface area contributed by atoms with Gasteiger partial charge >= 0.3 is 0 Å². The topological polar surface area (TPSA) is 86.6 Å². The molecule has 0 aromatic heterocycles. The second kappa shape index (κ2) is 10.7. The molecule has 2 unspecified atom stereocenters. The normalized spacial score (nSPS) is 28.6. The highest BCUT2D eigenvalue weighted by Gasteiger charge is 2.47. The van der Waals surface area contributed by atoms with Gasteiger partial charge in [0.25, 0.3) is 0 Å². The fourth-order valence-electron chi connectivity index (χ4n) is 3.17. The van der Waals surface area contributed by atoms with Gasteiger partial charge in [-0.25, -0.2) is 0 Å². The minimum atomic E-state index is -1.20. The number of methoxy groups -OCH3 is 2. The van der Waals surface area contributed by atoms with Crippen LogP contribution in [0.1, 0.15) is 12.5 Å². The second-order valence-corrected chi connectivity index (χ2v) is 6.70. The molecule has 29 heavy (non-hydrogen) atoms. The molecule has 1 aliphatic rings. The quantitative estimate of drug-likeness (QED) is 0.659. The van der Waals surface area contributed by atoms with Gasteiger partial charge in [-0.3, -0.25) is 0 Å². The smallest absolute Gasteiger partial charge is 0.186 e. The number of ether oxygens (including phenoxy) is 5. The van der Waals surface area contributed by atoms with Gasteiger partial charge < -0.3 is 33.9 Å². The molecule has 2 aromatic rings. The van der Waals surface area contributed by atoms with Gasteiger partial charge in [0.05, 0.1) is 28.3 Å². The van der Waals surface area contributed by atoms with Gasteiger partial charge in [0.1, 0.15) is 30.2 Å². The van der Waals surface area contributed by atoms with Crippen LogP contribution < -0.4 is 4.74 Å². The average Bonchev–Trinajstić information content (AvgIpc) is 2.80. The molecule has 2 aromatic carbocycles. The lowest BCUT2D eigenvalue weighted by atomic mass is 9.98. The van der Waals surface area contributed by atoms with Gasteiger partial charge in [-0.1, -0.05) is 42.5 Å². The van der Waals surface area contributed by atoms with Crippen molar-refractivity contribution in [1.82, 2.24) is 0 Å². The van der Waals surface area contributed by atoms with Crippen LogP contribution >= 0.6 is 0 Å². The summed E-state index contributed by atoms with van der Waals surface area (Å²) in [5.41, 5.74) is 1.52. The molecule has 0 saturated carbocycles. The lowest BCUT2D eigenvalue weighted by Crippen LogP contribution is -2.60. The third kappa shape index (κ3) is 5.54. The summed E-state index contributed by atoms with van der Waals surface area (Å²) in [7, 11) is 3.02. The lowest BCUT2D eigenvalue weighted by Gasteiger charge is -2.43. The van der Waals surface area contributed by atoms with E-state index < -0.39 is 43.9 Å². The third-order valence-corrected chi connectivity index (χ3v) is 4.79. The molecule has 1 aliphatic heterocycles. The molecule has 0 spiro atoms. The van der Waals surface area contributed by atoms with Crippen molar-refractivity contribution in [3.63, 3.8) is 0 Å². The average molecular weight is 405 g/mol. The number of benzene rings is 2. The van der Waals surface area contributed by atoms with E-state index in [-0.39, 0.29) is 6.61 Å². The zero-order chi connectivity index (χ0) is 21.5. The molecule has 7 heteroatoms. The number of hydrogen-bond donors (Lipinski definition) is 2. The van der Waals surface area contributed by atoms with E-state index in [1.807, 2.05) is 30.3 Å². The largest absolute Gasteiger partial charge is 0.497 e. The van der Waals surface area contributed by atoms with E-state index in [1.165, 1.54) is 7.11 Å². The van der Waals surface area contributed by atoms with Crippen molar-refractivity contribution >= 4 is 0 Å². The fourth-order valence-corrected chi connectivity index (χ4v) is 3.17. The molecule has 158 valence electrons. The van der Waals surface area contributed by atoms with Gasteiger partial charge in [0, 0.05) is 7.11 Å². The van der Waals surface area contributed by atoms with Crippen LogP contribution in [0.25, 0.3) is 0 Å². The highest BCUT2D eigenvalue weighted by Crippen LogP contribution is 2.28. The summed E-state index contributed by atoms with van der Waals surface area (Å²) in [6, 6.07) is 16.5. The predicted octanol–water partition coefficient (Wildman–Crippen LogP) is 1.89. The first-order valence-electron chi connectivity index (χ1n) is 9.99. The maximum atomic E-state index is 10.7. The first-order chi connectivity index (χ1) is 14.6. The zero-order valence-corrected chi connectivity index (χ0v) is 16.5. The Morgan fingerprint density at radius 1 is 0.966 bits per heavy atom. The minimum Gasteiger partial charge on any atom is -0.497 e. The Bertz CT molecular complexity index is 758. The summed E-state index contributed by atoms with van der Waals surface area (Å²) in [5.74, 6) is 0.668. The molecule has 0 aliphatic carbocycles. The van der Waals surface area contributed by atoms with Crippen molar-refractivity contribution < 1.29 is 35.3 Å². The standard InChI is InChI=1S/C22H28O7/c1-25-17-10-8-16(9-11-17)14-27-20-19(24)18(12-23)29-22(26-2)21(20)28-13-15-6-4-3-5-7-15/h3-11,18-24H,12-14H2,1-2H3/t18-,19-,20+,21-,22?/m1/s1/i14D/t14?,18-,19-,20+,21-,22?. The fraction of sp³-hybridized carbons (Fsp3) is 0.455. The molecule has 1 fully saturated rings. The van der Waals surface area contributed by atoms with E-state index in [9.17, 15) is 10.2 Å². The number of aliphatic hydroxyl groups excluding tert-OH is 2. The van der Waals surface area contributed by atoms with Crippen LogP contribution in [-0.2, 0) is 32.1 Å². The highest BCUT2D eigenvalue weighted by molar-refractivity contribution is 5.26. The van der Waals surface area contributed by atoms with Gasteiger partial charge in [0.2, 0.25) is 0 Å². The SMILES string of the molecule is [2H]C(O[C@H]1[C@H](O)[C@@H](CO)OC(OC)[C@@H]1OCc1ccccc1)c1ccc(OC)cc1. The van der Waals surface area contributed by atoms with E-state index in [4.69, 9.17) is 25.1 Å². The Hall–Kier alpha value is -2.00. The summed E-state index contributed by atoms with van der Waals surface area (Å²) >= 11 is 0. The number of aliphatic hydroxyl groups is 2. The van der Waals surface area contributed by atoms with Gasteiger partial charge in [-0.15, -0.1) is 0 Å². The van der Waals surface area contributed by atoms with Gasteiger partial charge in [-0.2, -0.15) is 0 Å². The van der Waals surface area contributed by atoms with Crippen LogP contribution in [0, 0.1) is 0 Å². The van der Waals surface area contributed by atoms with Crippen LogP contribution in [0.5, 0.6) is 5.75 Å². The van der Waals surface area contributed by atoms with E-state index >= 15 is 0 Å². The Balaban J connectivity index is 1.78. The maximum Gasteiger partial charge on any atom is 0.186 e. The number of hydrogen-bond acceptors (Lipinski definition) is 7. The van der Waals surface area contributed by atoms with Crippen LogP contribution in [0.15, 0.2) is 54.6 Å². The lowest BCUT2D eigenvalue weighted by molar-refractivity contribution is -0.314. The summed E-state index contributed by atoms with van der Waals surface area (Å²) in [6.07, 6.45) is -4.75. The molecule has 6 atom stereocenters. The molecule has 7 nitrogen and oxygen atoms in total. The summed E-state index contributed by atoms with van der Waals surface area (Å²) in [4.78, 5) is 0. The van der Waals surface area contributed by atoms with Crippen LogP contribution in [0.3, 0.4) is 0 Å².